The second-order valence-electron chi connectivity index (χ2n) is 6.42. The number of hydroxylamine groups is 2. The Morgan fingerprint density at radius 2 is 1.86 bits per heavy atom. The van der Waals surface area contributed by atoms with Crippen molar-refractivity contribution in [1.29, 1.82) is 5.26 Å². The van der Waals surface area contributed by atoms with Crippen molar-refractivity contribution in [2.24, 2.45) is 17.0 Å². The third-order valence-electron chi connectivity index (χ3n) is 3.21. The topological polar surface area (TPSA) is 167 Å². The van der Waals surface area contributed by atoms with Crippen LogP contribution in [0.25, 0.3) is 0 Å². The molecule has 0 aromatic carbocycles. The number of nitrogens with two attached hydrogens (primary N) is 3. The molecular formula is C16H37N6O4PS. The highest BCUT2D eigenvalue weighted by molar-refractivity contribution is 7.80. The van der Waals surface area contributed by atoms with Gasteiger partial charge in [0.25, 0.3) is 8.53 Å². The van der Waals surface area contributed by atoms with Gasteiger partial charge in [-0.1, -0.05) is 0 Å². The Labute approximate surface area is 175 Å². The van der Waals surface area contributed by atoms with Gasteiger partial charge in [0.2, 0.25) is 0 Å². The van der Waals surface area contributed by atoms with Crippen LogP contribution in [0.1, 0.15) is 40.5 Å². The van der Waals surface area contributed by atoms with Gasteiger partial charge in [0.1, 0.15) is 0 Å². The van der Waals surface area contributed by atoms with Crippen molar-refractivity contribution in [3.63, 3.8) is 0 Å². The first-order valence-corrected chi connectivity index (χ1v) is 10.8. The quantitative estimate of drug-likeness (QED) is 0.116. The molecule has 0 saturated heterocycles. The molecule has 0 amide bonds. The molecule has 2 unspecified atom stereocenters. The van der Waals surface area contributed by atoms with Crippen LogP contribution in [0.4, 0.5) is 0 Å². The molecule has 166 valence electrons. The van der Waals surface area contributed by atoms with Crippen molar-refractivity contribution >= 4 is 25.9 Å². The molecule has 0 aliphatic heterocycles. The molecule has 10 nitrogen and oxygen atoms in total. The summed E-state index contributed by atoms with van der Waals surface area (Å²) >= 11 is 4.77. The number of hydrogen-bond donors (Lipinski definition) is 5. The minimum Gasteiger partial charge on any atom is -0.394 e. The van der Waals surface area contributed by atoms with E-state index >= 15 is 0 Å². The fraction of sp³-hybridized carbons (Fsp3) is 0.875. The van der Waals surface area contributed by atoms with Crippen LogP contribution in [0.5, 0.6) is 0 Å². The van der Waals surface area contributed by atoms with Gasteiger partial charge in [-0.05, 0) is 52.9 Å². The first-order valence-electron chi connectivity index (χ1n) is 9.15. The minimum atomic E-state index is -1.42. The molecule has 0 aromatic heterocycles. The van der Waals surface area contributed by atoms with Gasteiger partial charge < -0.3 is 31.1 Å². The summed E-state index contributed by atoms with van der Waals surface area (Å²) in [4.78, 5) is 1.63. The Hall–Kier alpha value is -0.670. The van der Waals surface area contributed by atoms with Crippen LogP contribution < -0.4 is 17.0 Å². The van der Waals surface area contributed by atoms with Crippen LogP contribution in [0, 0.1) is 11.3 Å². The van der Waals surface area contributed by atoms with E-state index < -0.39 is 14.6 Å². The lowest BCUT2D eigenvalue weighted by molar-refractivity contribution is -0.112. The maximum absolute atomic E-state index is 9.14. The first kappa shape index (κ1) is 29.5. The molecule has 28 heavy (non-hydrogen) atoms. The van der Waals surface area contributed by atoms with Crippen molar-refractivity contribution in [1.82, 2.24) is 9.96 Å². The summed E-state index contributed by atoms with van der Waals surface area (Å²) in [7, 11) is -1.42. The van der Waals surface area contributed by atoms with E-state index in [2.05, 4.69) is 0 Å². The molecule has 8 N–H and O–H groups in total. The van der Waals surface area contributed by atoms with E-state index in [1.54, 1.807) is 9.96 Å². The van der Waals surface area contributed by atoms with Gasteiger partial charge in [0.05, 0.1) is 31.8 Å². The monoisotopic (exact) mass is 440 g/mol. The fourth-order valence-corrected chi connectivity index (χ4v) is 3.02. The van der Waals surface area contributed by atoms with Gasteiger partial charge in [0.15, 0.2) is 5.11 Å². The predicted octanol–water partition coefficient (Wildman–Crippen LogP) is 0.387. The zero-order chi connectivity index (χ0) is 22.1. The second kappa shape index (κ2) is 18.4. The summed E-state index contributed by atoms with van der Waals surface area (Å²) < 4.78 is 10.6. The molecule has 0 bridgehead atoms. The first-order chi connectivity index (χ1) is 13.1. The van der Waals surface area contributed by atoms with Crippen molar-refractivity contribution in [3.05, 3.63) is 0 Å². The molecule has 12 heteroatoms. The van der Waals surface area contributed by atoms with E-state index in [0.29, 0.717) is 26.1 Å². The van der Waals surface area contributed by atoms with Crippen molar-refractivity contribution < 1.29 is 19.4 Å². The van der Waals surface area contributed by atoms with Gasteiger partial charge in [-0.15, -0.1) is 0 Å². The van der Waals surface area contributed by atoms with Crippen molar-refractivity contribution in [2.75, 3.05) is 32.8 Å². The molecular weight excluding hydrogens is 403 g/mol. The van der Waals surface area contributed by atoms with Crippen LogP contribution in [0.2, 0.25) is 0 Å². The Morgan fingerprint density at radius 3 is 2.25 bits per heavy atom. The van der Waals surface area contributed by atoms with Crippen LogP contribution in [-0.2, 0) is 9.15 Å². The van der Waals surface area contributed by atoms with E-state index in [-0.39, 0.29) is 30.3 Å². The number of rotatable bonds is 13. The molecule has 0 heterocycles. The average Bonchev–Trinajstić information content (AvgIpc) is 2.62. The molecule has 0 spiro atoms. The van der Waals surface area contributed by atoms with Crippen LogP contribution in [0.15, 0.2) is 0 Å². The minimum absolute atomic E-state index is 0.223. The SMILES string of the molecule is CC(C)N(OP(N)OCCC#N)C(C)C.NCCCN(CC(O)CO)C(N)=S. The maximum Gasteiger partial charge on any atom is 0.271 e. The average molecular weight is 441 g/mol. The highest BCUT2D eigenvalue weighted by Gasteiger charge is 2.18. The molecule has 0 saturated carbocycles. The molecule has 0 aliphatic rings. The number of nitrogens with zero attached hydrogens (tertiary/aromatic N) is 3. The number of aliphatic hydroxyl groups excluding tert-OH is 2. The number of aliphatic hydroxyl groups is 2. The van der Waals surface area contributed by atoms with Crippen molar-refractivity contribution in [3.8, 4) is 6.07 Å². The highest BCUT2D eigenvalue weighted by Crippen LogP contribution is 2.31. The lowest BCUT2D eigenvalue weighted by Crippen LogP contribution is -2.42. The molecule has 0 aliphatic carbocycles. The Balaban J connectivity index is 0. The summed E-state index contributed by atoms with van der Waals surface area (Å²) in [6.45, 7) is 9.56. The Bertz CT molecular complexity index is 434. The Morgan fingerprint density at radius 1 is 1.29 bits per heavy atom. The third kappa shape index (κ3) is 16.3. The molecule has 0 aromatic rings. The summed E-state index contributed by atoms with van der Waals surface area (Å²) in [6, 6.07) is 2.48. The largest absolute Gasteiger partial charge is 0.394 e. The summed E-state index contributed by atoms with van der Waals surface area (Å²) in [5.74, 6) is 0. The molecule has 0 fully saturated rings. The third-order valence-corrected chi connectivity index (χ3v) is 4.26. The molecule has 2 atom stereocenters. The van der Waals surface area contributed by atoms with Gasteiger partial charge in [0, 0.05) is 25.2 Å². The zero-order valence-electron chi connectivity index (χ0n) is 17.3. The molecule has 0 rings (SSSR count). The number of nitriles is 1. The standard InChI is InChI=1S/C9H20N3O2P.C7H17N3O2S/c1-8(2)12(9(3)4)14-15(11)13-7-5-6-10;8-2-1-3-10(7(9)13)4-6(12)5-11/h8-9H,5,7,11H2,1-4H3;6,11-12H,1-5,8H2,(H2,9,13). The van der Waals surface area contributed by atoms with Crippen LogP contribution >= 0.6 is 20.7 Å². The van der Waals surface area contributed by atoms with Gasteiger partial charge in [-0.2, -0.15) is 10.3 Å². The second-order valence-corrected chi connectivity index (χ2v) is 7.83. The zero-order valence-corrected chi connectivity index (χ0v) is 19.0. The van der Waals surface area contributed by atoms with E-state index in [0.717, 1.165) is 6.42 Å². The van der Waals surface area contributed by atoms with Gasteiger partial charge >= 0.3 is 0 Å². The Kier molecular flexibility index (Phi) is 19.4. The predicted molar refractivity (Wildman–Crippen MR) is 116 cm³/mol. The summed E-state index contributed by atoms with van der Waals surface area (Å²) in [6.07, 6.45) is 0.289. The summed E-state index contributed by atoms with van der Waals surface area (Å²) in [5, 5.41) is 28.1. The lowest BCUT2D eigenvalue weighted by atomic mass is 10.3. The van der Waals surface area contributed by atoms with Crippen LogP contribution in [-0.4, -0.2) is 76.3 Å². The molecule has 0 radical (unpaired) electrons. The van der Waals surface area contributed by atoms with Crippen LogP contribution in [0.3, 0.4) is 0 Å². The highest BCUT2D eigenvalue weighted by atomic mass is 32.1. The van der Waals surface area contributed by atoms with E-state index in [9.17, 15) is 0 Å². The van der Waals surface area contributed by atoms with Gasteiger partial charge in [-0.3, -0.25) is 5.50 Å². The fourth-order valence-electron chi connectivity index (χ4n) is 1.97. The van der Waals surface area contributed by atoms with Gasteiger partial charge in [-0.25, -0.2) is 4.62 Å². The maximum atomic E-state index is 9.14. The van der Waals surface area contributed by atoms with E-state index in [4.69, 9.17) is 53.8 Å². The van der Waals surface area contributed by atoms with E-state index in [1.165, 1.54) is 0 Å². The van der Waals surface area contributed by atoms with Crippen molar-refractivity contribution in [2.45, 2.75) is 58.7 Å². The van der Waals surface area contributed by atoms with E-state index in [1.807, 2.05) is 33.8 Å². The normalized spacial score (nSPS) is 13.1. The lowest BCUT2D eigenvalue weighted by Gasteiger charge is -2.30. The smallest absolute Gasteiger partial charge is 0.271 e. The number of hydrogen-bond acceptors (Lipinski definition) is 9. The number of thiocarbonyl (C=S) groups is 1. The summed E-state index contributed by atoms with van der Waals surface area (Å²) in [5.41, 5.74) is 16.4.